The summed E-state index contributed by atoms with van der Waals surface area (Å²) in [5.74, 6) is 0. The molecule has 1 aliphatic heterocycles. The number of hydrogen-bond acceptors (Lipinski definition) is 3. The molecule has 0 aromatic carbocycles. The fourth-order valence-corrected chi connectivity index (χ4v) is 4.14. The van der Waals surface area contributed by atoms with E-state index in [1.807, 2.05) is 21.6 Å². The Kier molecular flexibility index (Phi) is 4.46. The quantitative estimate of drug-likeness (QED) is 0.670. The molecule has 0 N–H and O–H groups in total. The van der Waals surface area contributed by atoms with Crippen LogP contribution in [-0.4, -0.2) is 23.7 Å². The molecule has 0 saturated carbocycles. The zero-order valence-corrected chi connectivity index (χ0v) is 10.6. The highest BCUT2D eigenvalue weighted by atomic mass is 33.1. The van der Waals surface area contributed by atoms with Crippen LogP contribution in [0, 0.1) is 5.41 Å². The molecule has 1 fully saturated rings. The monoisotopic (exact) mass is 220 g/mol. The van der Waals surface area contributed by atoms with Crippen molar-refractivity contribution >= 4 is 21.6 Å². The fourth-order valence-electron chi connectivity index (χ4n) is 1.34. The smallest absolute Gasteiger partial charge is 0.0619 e. The van der Waals surface area contributed by atoms with Gasteiger partial charge in [-0.1, -0.05) is 49.3 Å². The maximum absolute atomic E-state index is 5.13. The van der Waals surface area contributed by atoms with Crippen LogP contribution in [0.3, 0.4) is 0 Å². The van der Waals surface area contributed by atoms with Crippen molar-refractivity contribution in [1.82, 2.24) is 0 Å². The standard InChI is InChI=1S/C10H20OS2/c1-8(5-10(2,3)4)12-13-9-6-11-7-9/h8-9H,5-7H2,1-4H3. The van der Waals surface area contributed by atoms with Crippen molar-refractivity contribution in [2.24, 2.45) is 5.41 Å². The SMILES string of the molecule is CC(CC(C)(C)C)SSC1COC1. The third-order valence-corrected chi connectivity index (χ3v) is 5.15. The molecule has 78 valence electrons. The van der Waals surface area contributed by atoms with Crippen molar-refractivity contribution in [1.29, 1.82) is 0 Å². The van der Waals surface area contributed by atoms with Crippen molar-refractivity contribution in [3.63, 3.8) is 0 Å². The molecule has 1 unspecified atom stereocenters. The maximum atomic E-state index is 5.13. The predicted octanol–water partition coefficient (Wildman–Crippen LogP) is 3.59. The van der Waals surface area contributed by atoms with Crippen molar-refractivity contribution in [3.05, 3.63) is 0 Å². The van der Waals surface area contributed by atoms with Gasteiger partial charge in [0, 0.05) is 5.25 Å². The van der Waals surface area contributed by atoms with Gasteiger partial charge in [0.2, 0.25) is 0 Å². The van der Waals surface area contributed by atoms with Crippen molar-refractivity contribution < 1.29 is 4.74 Å². The third kappa shape index (κ3) is 5.18. The molecular weight excluding hydrogens is 200 g/mol. The summed E-state index contributed by atoms with van der Waals surface area (Å²) in [6.07, 6.45) is 1.29. The molecule has 1 atom stereocenters. The van der Waals surface area contributed by atoms with Gasteiger partial charge in [0.1, 0.15) is 0 Å². The lowest BCUT2D eigenvalue weighted by atomic mass is 9.91. The van der Waals surface area contributed by atoms with Gasteiger partial charge in [0.05, 0.1) is 18.5 Å². The average Bonchev–Trinajstić information content (AvgIpc) is 1.78. The molecule has 0 radical (unpaired) electrons. The van der Waals surface area contributed by atoms with Crippen LogP contribution < -0.4 is 0 Å². The van der Waals surface area contributed by atoms with Gasteiger partial charge in [-0.05, 0) is 11.8 Å². The van der Waals surface area contributed by atoms with E-state index >= 15 is 0 Å². The minimum Gasteiger partial charge on any atom is -0.379 e. The van der Waals surface area contributed by atoms with Crippen LogP contribution in [0.15, 0.2) is 0 Å². The second-order valence-corrected chi connectivity index (χ2v) is 7.94. The minimum atomic E-state index is 0.461. The van der Waals surface area contributed by atoms with E-state index in [2.05, 4.69) is 27.7 Å². The van der Waals surface area contributed by atoms with E-state index < -0.39 is 0 Å². The Hall–Kier alpha value is 0.660. The Balaban J connectivity index is 2.06. The van der Waals surface area contributed by atoms with Crippen LogP contribution in [0.4, 0.5) is 0 Å². The highest BCUT2D eigenvalue weighted by molar-refractivity contribution is 8.77. The fraction of sp³-hybridized carbons (Fsp3) is 1.00. The Morgan fingerprint density at radius 3 is 2.38 bits per heavy atom. The Bertz CT molecular complexity index is 149. The van der Waals surface area contributed by atoms with Gasteiger partial charge in [0.15, 0.2) is 0 Å². The molecule has 3 heteroatoms. The van der Waals surface area contributed by atoms with Gasteiger partial charge in [-0.3, -0.25) is 0 Å². The third-order valence-electron chi connectivity index (χ3n) is 1.86. The van der Waals surface area contributed by atoms with Crippen LogP contribution in [0.25, 0.3) is 0 Å². The number of ether oxygens (including phenoxy) is 1. The van der Waals surface area contributed by atoms with Gasteiger partial charge in [-0.2, -0.15) is 0 Å². The van der Waals surface area contributed by atoms with Crippen LogP contribution >= 0.6 is 21.6 Å². The molecule has 1 aliphatic rings. The largest absolute Gasteiger partial charge is 0.379 e. The first-order valence-electron chi connectivity index (χ1n) is 4.87. The van der Waals surface area contributed by atoms with Gasteiger partial charge in [0.25, 0.3) is 0 Å². The summed E-state index contributed by atoms with van der Waals surface area (Å²) in [7, 11) is 4.03. The summed E-state index contributed by atoms with van der Waals surface area (Å²) in [6, 6.07) is 0. The van der Waals surface area contributed by atoms with Crippen LogP contribution in [0.2, 0.25) is 0 Å². The Morgan fingerprint density at radius 1 is 1.38 bits per heavy atom. The number of hydrogen-bond donors (Lipinski definition) is 0. The Labute approximate surface area is 89.8 Å². The zero-order chi connectivity index (χ0) is 9.90. The maximum Gasteiger partial charge on any atom is 0.0619 e. The molecule has 13 heavy (non-hydrogen) atoms. The molecule has 0 spiro atoms. The second kappa shape index (κ2) is 4.94. The summed E-state index contributed by atoms with van der Waals surface area (Å²) in [5, 5.41) is 1.51. The average molecular weight is 220 g/mol. The van der Waals surface area contributed by atoms with Gasteiger partial charge < -0.3 is 4.74 Å². The topological polar surface area (TPSA) is 9.23 Å². The summed E-state index contributed by atoms with van der Waals surface area (Å²) >= 11 is 0. The highest BCUT2D eigenvalue weighted by Gasteiger charge is 2.22. The molecule has 1 saturated heterocycles. The lowest BCUT2D eigenvalue weighted by Gasteiger charge is -2.27. The minimum absolute atomic E-state index is 0.461. The molecular formula is C10H20OS2. The summed E-state index contributed by atoms with van der Waals surface area (Å²) in [4.78, 5) is 0. The first-order valence-corrected chi connectivity index (χ1v) is 7.15. The van der Waals surface area contributed by atoms with E-state index in [-0.39, 0.29) is 0 Å². The molecule has 0 bridgehead atoms. The lowest BCUT2D eigenvalue weighted by Crippen LogP contribution is -2.29. The first kappa shape index (κ1) is 11.7. The van der Waals surface area contributed by atoms with Gasteiger partial charge >= 0.3 is 0 Å². The van der Waals surface area contributed by atoms with Crippen molar-refractivity contribution in [2.45, 2.75) is 44.6 Å². The summed E-state index contributed by atoms with van der Waals surface area (Å²) in [5.41, 5.74) is 0.461. The van der Waals surface area contributed by atoms with Crippen LogP contribution in [-0.2, 0) is 4.74 Å². The summed E-state index contributed by atoms with van der Waals surface area (Å²) < 4.78 is 5.13. The molecule has 1 heterocycles. The highest BCUT2D eigenvalue weighted by Crippen LogP contribution is 2.38. The van der Waals surface area contributed by atoms with Crippen molar-refractivity contribution in [2.75, 3.05) is 13.2 Å². The van der Waals surface area contributed by atoms with Crippen molar-refractivity contribution in [3.8, 4) is 0 Å². The first-order chi connectivity index (χ1) is 5.97. The lowest BCUT2D eigenvalue weighted by molar-refractivity contribution is 0.0461. The molecule has 1 rings (SSSR count). The van der Waals surface area contributed by atoms with E-state index in [1.165, 1.54) is 6.42 Å². The van der Waals surface area contributed by atoms with E-state index in [0.29, 0.717) is 5.41 Å². The molecule has 0 aromatic heterocycles. The van der Waals surface area contributed by atoms with E-state index in [4.69, 9.17) is 4.74 Å². The molecule has 0 aromatic rings. The number of rotatable bonds is 4. The van der Waals surface area contributed by atoms with Gasteiger partial charge in [-0.15, -0.1) is 0 Å². The second-order valence-electron chi connectivity index (χ2n) is 4.93. The predicted molar refractivity (Wildman–Crippen MR) is 63.3 cm³/mol. The molecule has 0 amide bonds. The van der Waals surface area contributed by atoms with E-state index in [0.717, 1.165) is 23.7 Å². The normalized spacial score (nSPS) is 21.2. The Morgan fingerprint density at radius 2 is 2.00 bits per heavy atom. The van der Waals surface area contributed by atoms with Crippen LogP contribution in [0.5, 0.6) is 0 Å². The zero-order valence-electron chi connectivity index (χ0n) is 9.00. The van der Waals surface area contributed by atoms with E-state index in [9.17, 15) is 0 Å². The van der Waals surface area contributed by atoms with Gasteiger partial charge in [-0.25, -0.2) is 0 Å². The molecule has 1 nitrogen and oxygen atoms in total. The van der Waals surface area contributed by atoms with Crippen LogP contribution in [0.1, 0.15) is 34.1 Å². The molecule has 0 aliphatic carbocycles. The van der Waals surface area contributed by atoms with E-state index in [1.54, 1.807) is 0 Å². The summed E-state index contributed by atoms with van der Waals surface area (Å²) in [6.45, 7) is 11.2.